The van der Waals surface area contributed by atoms with Crippen LogP contribution in [0, 0.1) is 17.5 Å². The molecule has 106 valence electrons. The Labute approximate surface area is 118 Å². The zero-order chi connectivity index (χ0) is 14.5. The molecule has 1 aromatic carbocycles. The second-order valence-corrected chi connectivity index (χ2v) is 4.98. The van der Waals surface area contributed by atoms with Crippen molar-refractivity contribution in [3.05, 3.63) is 41.8 Å². The average Bonchev–Trinajstić information content (AvgIpc) is 2.42. The summed E-state index contributed by atoms with van der Waals surface area (Å²) in [5.41, 5.74) is 0. The van der Waals surface area contributed by atoms with Crippen molar-refractivity contribution in [2.45, 2.75) is 23.3 Å². The quantitative estimate of drug-likeness (QED) is 0.851. The van der Waals surface area contributed by atoms with Crippen LogP contribution in [0.15, 0.2) is 34.3 Å². The molecule has 0 bridgehead atoms. The van der Waals surface area contributed by atoms with Gasteiger partial charge in [-0.15, -0.1) is 0 Å². The lowest BCUT2D eigenvalue weighted by Crippen LogP contribution is -2.05. The van der Waals surface area contributed by atoms with Gasteiger partial charge in [0.1, 0.15) is 16.7 Å². The van der Waals surface area contributed by atoms with Gasteiger partial charge in [-0.05, 0) is 18.6 Å². The van der Waals surface area contributed by atoms with Crippen molar-refractivity contribution in [1.82, 2.24) is 9.97 Å². The summed E-state index contributed by atoms with van der Waals surface area (Å²) in [6.45, 7) is 2.63. The first-order valence-corrected chi connectivity index (χ1v) is 6.81. The van der Waals surface area contributed by atoms with E-state index < -0.39 is 17.5 Å². The Hall–Kier alpha value is -1.76. The molecule has 1 heterocycles. The summed E-state index contributed by atoms with van der Waals surface area (Å²) in [4.78, 5) is 7.87. The molecule has 3 nitrogen and oxygen atoms in total. The van der Waals surface area contributed by atoms with Gasteiger partial charge in [-0.25, -0.2) is 23.1 Å². The summed E-state index contributed by atoms with van der Waals surface area (Å²) in [6, 6.07) is 3.11. The zero-order valence-corrected chi connectivity index (χ0v) is 11.5. The van der Waals surface area contributed by atoms with Gasteiger partial charge < -0.3 is 5.32 Å². The zero-order valence-electron chi connectivity index (χ0n) is 10.7. The Kier molecular flexibility index (Phi) is 4.84. The number of hydrogen-bond donors (Lipinski definition) is 1. The van der Waals surface area contributed by atoms with Crippen molar-refractivity contribution < 1.29 is 13.2 Å². The summed E-state index contributed by atoms with van der Waals surface area (Å²) in [7, 11) is 0. The van der Waals surface area contributed by atoms with E-state index in [1.165, 1.54) is 6.07 Å². The lowest BCUT2D eigenvalue weighted by molar-refractivity contribution is 0.563. The van der Waals surface area contributed by atoms with Crippen molar-refractivity contribution in [1.29, 1.82) is 0 Å². The maximum absolute atomic E-state index is 13.6. The fourth-order valence-electron chi connectivity index (χ4n) is 1.41. The molecule has 7 heteroatoms. The van der Waals surface area contributed by atoms with E-state index in [-0.39, 0.29) is 15.9 Å². The van der Waals surface area contributed by atoms with Gasteiger partial charge in [-0.3, -0.25) is 0 Å². The van der Waals surface area contributed by atoms with E-state index in [4.69, 9.17) is 0 Å². The minimum absolute atomic E-state index is 0.0101. The molecular weight excluding hydrogens is 287 g/mol. The number of benzene rings is 1. The van der Waals surface area contributed by atoms with Crippen LogP contribution in [0.1, 0.15) is 13.3 Å². The van der Waals surface area contributed by atoms with Crippen molar-refractivity contribution in [2.24, 2.45) is 0 Å². The van der Waals surface area contributed by atoms with E-state index in [0.29, 0.717) is 6.54 Å². The summed E-state index contributed by atoms with van der Waals surface area (Å²) in [6.07, 6.45) is 1.89. The van der Waals surface area contributed by atoms with Crippen molar-refractivity contribution in [3.8, 4) is 0 Å². The molecule has 20 heavy (non-hydrogen) atoms. The van der Waals surface area contributed by atoms with Crippen LogP contribution < -0.4 is 5.32 Å². The number of nitrogens with one attached hydrogen (secondary N) is 1. The third-order valence-electron chi connectivity index (χ3n) is 2.35. The number of aromatic nitrogens is 2. The van der Waals surface area contributed by atoms with Gasteiger partial charge in [0, 0.05) is 17.5 Å². The van der Waals surface area contributed by atoms with Crippen LogP contribution in [-0.4, -0.2) is 16.5 Å². The lowest BCUT2D eigenvalue weighted by Gasteiger charge is -2.07. The Bertz CT molecular complexity index is 607. The molecule has 2 rings (SSSR count). The molecule has 0 spiro atoms. The molecular formula is C13H12F3N3S. The third-order valence-corrected chi connectivity index (χ3v) is 3.38. The molecule has 0 unspecified atom stereocenters. The van der Waals surface area contributed by atoms with Gasteiger partial charge in [0.2, 0.25) is 5.95 Å². The smallest absolute Gasteiger partial charge is 0.223 e. The van der Waals surface area contributed by atoms with Gasteiger partial charge in [0.15, 0.2) is 5.82 Å². The normalized spacial score (nSPS) is 10.6. The van der Waals surface area contributed by atoms with E-state index in [2.05, 4.69) is 15.3 Å². The fourth-order valence-corrected chi connectivity index (χ4v) is 2.19. The van der Waals surface area contributed by atoms with Crippen LogP contribution >= 0.6 is 11.8 Å². The van der Waals surface area contributed by atoms with Gasteiger partial charge >= 0.3 is 0 Å². The summed E-state index contributed by atoms with van der Waals surface area (Å²) in [5, 5.41) is 2.91. The van der Waals surface area contributed by atoms with Crippen molar-refractivity contribution in [3.63, 3.8) is 0 Å². The second kappa shape index (κ2) is 6.60. The van der Waals surface area contributed by atoms with E-state index in [1.54, 1.807) is 0 Å². The Morgan fingerprint density at radius 2 is 2.00 bits per heavy atom. The molecule has 0 amide bonds. The summed E-state index contributed by atoms with van der Waals surface area (Å²) < 4.78 is 40.0. The molecule has 0 atom stereocenters. The van der Waals surface area contributed by atoms with E-state index in [1.807, 2.05) is 6.92 Å². The number of nitrogens with zero attached hydrogens (tertiary/aromatic N) is 2. The monoisotopic (exact) mass is 299 g/mol. The predicted octanol–water partition coefficient (Wildman–Crippen LogP) is 3.87. The van der Waals surface area contributed by atoms with E-state index >= 15 is 0 Å². The molecule has 0 aliphatic heterocycles. The van der Waals surface area contributed by atoms with Gasteiger partial charge in [0.05, 0.1) is 6.20 Å². The molecule has 0 aliphatic carbocycles. The highest BCUT2D eigenvalue weighted by molar-refractivity contribution is 7.99. The molecule has 1 aromatic heterocycles. The SMILES string of the molecule is CCCNc1ncc(F)c(Sc2ccc(F)cc2F)n1. The molecule has 0 saturated heterocycles. The summed E-state index contributed by atoms with van der Waals surface area (Å²) >= 11 is 0.789. The number of hydrogen-bond acceptors (Lipinski definition) is 4. The number of halogens is 3. The Balaban J connectivity index is 2.23. The first-order valence-electron chi connectivity index (χ1n) is 5.99. The van der Waals surface area contributed by atoms with Crippen LogP contribution in [0.4, 0.5) is 19.1 Å². The molecule has 0 fully saturated rings. The number of anilines is 1. The maximum atomic E-state index is 13.6. The van der Waals surface area contributed by atoms with Crippen LogP contribution in [0.5, 0.6) is 0 Å². The average molecular weight is 299 g/mol. The first kappa shape index (κ1) is 14.6. The fraction of sp³-hybridized carbons (Fsp3) is 0.231. The minimum atomic E-state index is -0.754. The van der Waals surface area contributed by atoms with Gasteiger partial charge in [-0.1, -0.05) is 18.7 Å². The molecule has 0 radical (unpaired) electrons. The molecule has 1 N–H and O–H groups in total. The van der Waals surface area contributed by atoms with Gasteiger partial charge in [-0.2, -0.15) is 0 Å². The second-order valence-electron chi connectivity index (χ2n) is 3.95. The third kappa shape index (κ3) is 3.63. The van der Waals surface area contributed by atoms with Crippen molar-refractivity contribution in [2.75, 3.05) is 11.9 Å². The van der Waals surface area contributed by atoms with Crippen LogP contribution in [0.3, 0.4) is 0 Å². The van der Waals surface area contributed by atoms with Crippen LogP contribution in [-0.2, 0) is 0 Å². The lowest BCUT2D eigenvalue weighted by atomic mass is 10.3. The molecule has 0 saturated carbocycles. The van der Waals surface area contributed by atoms with Gasteiger partial charge in [0.25, 0.3) is 0 Å². The Morgan fingerprint density at radius 1 is 1.20 bits per heavy atom. The van der Waals surface area contributed by atoms with Crippen LogP contribution in [0.25, 0.3) is 0 Å². The summed E-state index contributed by atoms with van der Waals surface area (Å²) in [5.74, 6) is -1.81. The largest absolute Gasteiger partial charge is 0.354 e. The topological polar surface area (TPSA) is 37.8 Å². The van der Waals surface area contributed by atoms with E-state index in [0.717, 1.165) is 36.5 Å². The van der Waals surface area contributed by atoms with Crippen molar-refractivity contribution >= 4 is 17.7 Å². The minimum Gasteiger partial charge on any atom is -0.354 e. The highest BCUT2D eigenvalue weighted by Gasteiger charge is 2.12. The standard InChI is InChI=1S/C13H12F3N3S/c1-2-5-17-13-18-7-10(16)12(19-13)20-11-4-3-8(14)6-9(11)15/h3-4,6-7H,2,5H2,1H3,(H,17,18,19). The first-order chi connectivity index (χ1) is 9.60. The van der Waals surface area contributed by atoms with E-state index in [9.17, 15) is 13.2 Å². The highest BCUT2D eigenvalue weighted by atomic mass is 32.2. The number of rotatable bonds is 5. The molecule has 0 aliphatic rings. The molecule has 2 aromatic rings. The highest BCUT2D eigenvalue weighted by Crippen LogP contribution is 2.30. The predicted molar refractivity (Wildman–Crippen MR) is 71.3 cm³/mol. The Morgan fingerprint density at radius 3 is 2.70 bits per heavy atom. The maximum Gasteiger partial charge on any atom is 0.223 e. The van der Waals surface area contributed by atoms with Crippen LogP contribution in [0.2, 0.25) is 0 Å².